The van der Waals surface area contributed by atoms with E-state index in [1.54, 1.807) is 6.20 Å². The molecule has 19 heavy (non-hydrogen) atoms. The molecule has 0 unspecified atom stereocenters. The van der Waals surface area contributed by atoms with Gasteiger partial charge in [0.25, 0.3) is 0 Å². The summed E-state index contributed by atoms with van der Waals surface area (Å²) >= 11 is 0. The highest BCUT2D eigenvalue weighted by Crippen LogP contribution is 2.18. The molecule has 0 aliphatic heterocycles. The molecule has 0 bridgehead atoms. The highest BCUT2D eigenvalue weighted by molar-refractivity contribution is 5.79. The number of hydrogen-bond donors (Lipinski definition) is 0. The van der Waals surface area contributed by atoms with Crippen molar-refractivity contribution in [1.82, 2.24) is 4.98 Å². The molecule has 3 nitrogen and oxygen atoms in total. The molecule has 0 aliphatic carbocycles. The Balaban J connectivity index is 1.84. The molecule has 1 aromatic heterocycles. The largest absolute Gasteiger partial charge is 0.493 e. The van der Waals surface area contributed by atoms with Crippen LogP contribution in [0.5, 0.6) is 5.75 Å². The first kappa shape index (κ1) is 13.3. The second-order valence-corrected chi connectivity index (χ2v) is 4.47. The summed E-state index contributed by atoms with van der Waals surface area (Å²) in [6.07, 6.45) is 6.29. The van der Waals surface area contributed by atoms with Gasteiger partial charge in [-0.1, -0.05) is 17.7 Å². The minimum Gasteiger partial charge on any atom is -0.493 e. The SMILES string of the molecule is Cc1ccc(OCCCc2cccnc2)c(C=O)c1. The first-order chi connectivity index (χ1) is 9.29. The molecule has 0 atom stereocenters. The van der Waals surface area contributed by atoms with E-state index in [2.05, 4.69) is 11.1 Å². The van der Waals surface area contributed by atoms with Gasteiger partial charge in [0.2, 0.25) is 0 Å². The molecule has 0 fully saturated rings. The van der Waals surface area contributed by atoms with Crippen molar-refractivity contribution in [3.8, 4) is 5.75 Å². The molecule has 98 valence electrons. The van der Waals surface area contributed by atoms with Crippen LogP contribution >= 0.6 is 0 Å². The predicted molar refractivity (Wildman–Crippen MR) is 74.6 cm³/mol. The van der Waals surface area contributed by atoms with Crippen molar-refractivity contribution in [2.45, 2.75) is 19.8 Å². The van der Waals surface area contributed by atoms with Gasteiger partial charge in [0, 0.05) is 12.4 Å². The van der Waals surface area contributed by atoms with Gasteiger partial charge in [-0.05, 0) is 43.5 Å². The van der Waals surface area contributed by atoms with Gasteiger partial charge >= 0.3 is 0 Å². The van der Waals surface area contributed by atoms with E-state index in [0.717, 1.165) is 24.7 Å². The molecule has 0 saturated heterocycles. The van der Waals surface area contributed by atoms with E-state index >= 15 is 0 Å². The smallest absolute Gasteiger partial charge is 0.153 e. The summed E-state index contributed by atoms with van der Waals surface area (Å²) in [6.45, 7) is 2.55. The van der Waals surface area contributed by atoms with Crippen LogP contribution in [0, 0.1) is 6.92 Å². The third-order valence-electron chi connectivity index (χ3n) is 2.88. The molecule has 0 saturated carbocycles. The van der Waals surface area contributed by atoms with E-state index in [1.165, 1.54) is 5.56 Å². The third kappa shape index (κ3) is 3.91. The van der Waals surface area contributed by atoms with Crippen LogP contribution in [0.1, 0.15) is 27.9 Å². The third-order valence-corrected chi connectivity index (χ3v) is 2.88. The van der Waals surface area contributed by atoms with E-state index in [0.29, 0.717) is 17.9 Å². The zero-order valence-corrected chi connectivity index (χ0v) is 11.0. The van der Waals surface area contributed by atoms with Gasteiger partial charge in [0.1, 0.15) is 5.75 Å². The van der Waals surface area contributed by atoms with Gasteiger partial charge in [0.05, 0.1) is 12.2 Å². The van der Waals surface area contributed by atoms with Crippen molar-refractivity contribution >= 4 is 6.29 Å². The van der Waals surface area contributed by atoms with E-state index in [1.807, 2.05) is 37.4 Å². The lowest BCUT2D eigenvalue weighted by Gasteiger charge is -2.09. The predicted octanol–water partition coefficient (Wildman–Crippen LogP) is 3.21. The fourth-order valence-corrected chi connectivity index (χ4v) is 1.90. The van der Waals surface area contributed by atoms with Gasteiger partial charge in [-0.3, -0.25) is 9.78 Å². The number of aromatic nitrogens is 1. The first-order valence-electron chi connectivity index (χ1n) is 6.37. The van der Waals surface area contributed by atoms with Crippen LogP contribution in [0.15, 0.2) is 42.7 Å². The molecule has 0 aliphatic rings. The summed E-state index contributed by atoms with van der Waals surface area (Å²) < 4.78 is 5.65. The number of hydrogen-bond acceptors (Lipinski definition) is 3. The van der Waals surface area contributed by atoms with E-state index in [9.17, 15) is 4.79 Å². The average molecular weight is 255 g/mol. The Morgan fingerprint density at radius 1 is 1.32 bits per heavy atom. The number of pyridine rings is 1. The van der Waals surface area contributed by atoms with Gasteiger partial charge in [-0.25, -0.2) is 0 Å². The number of ether oxygens (including phenoxy) is 1. The molecule has 0 amide bonds. The minimum absolute atomic E-state index is 0.596. The number of aryl methyl sites for hydroxylation is 2. The monoisotopic (exact) mass is 255 g/mol. The summed E-state index contributed by atoms with van der Waals surface area (Å²) in [5.41, 5.74) is 2.87. The Morgan fingerprint density at radius 2 is 2.21 bits per heavy atom. The zero-order chi connectivity index (χ0) is 13.5. The zero-order valence-electron chi connectivity index (χ0n) is 11.0. The maximum atomic E-state index is 10.9. The fraction of sp³-hybridized carbons (Fsp3) is 0.250. The highest BCUT2D eigenvalue weighted by atomic mass is 16.5. The number of rotatable bonds is 6. The standard InChI is InChI=1S/C16H17NO2/c1-13-6-7-16(15(10-13)12-18)19-9-3-5-14-4-2-8-17-11-14/h2,4,6-8,10-12H,3,5,9H2,1H3. The van der Waals surface area contributed by atoms with Gasteiger partial charge < -0.3 is 4.74 Å². The highest BCUT2D eigenvalue weighted by Gasteiger charge is 2.03. The maximum absolute atomic E-state index is 10.9. The van der Waals surface area contributed by atoms with Crippen LogP contribution in [0.4, 0.5) is 0 Å². The van der Waals surface area contributed by atoms with Crippen LogP contribution in [0.2, 0.25) is 0 Å². The number of carbonyl (C=O) groups is 1. The van der Waals surface area contributed by atoms with Crippen molar-refractivity contribution in [2.75, 3.05) is 6.61 Å². The summed E-state index contributed by atoms with van der Waals surface area (Å²) in [5.74, 6) is 0.659. The number of nitrogens with zero attached hydrogens (tertiary/aromatic N) is 1. The lowest BCUT2D eigenvalue weighted by atomic mass is 10.1. The second-order valence-electron chi connectivity index (χ2n) is 4.47. The first-order valence-corrected chi connectivity index (χ1v) is 6.37. The Kier molecular flexibility index (Phi) is 4.67. The van der Waals surface area contributed by atoms with Crippen molar-refractivity contribution < 1.29 is 9.53 Å². The molecule has 2 rings (SSSR count). The summed E-state index contributed by atoms with van der Waals surface area (Å²) in [6, 6.07) is 9.62. The summed E-state index contributed by atoms with van der Waals surface area (Å²) in [7, 11) is 0. The van der Waals surface area contributed by atoms with Crippen molar-refractivity contribution in [3.05, 3.63) is 59.4 Å². The Hall–Kier alpha value is -2.16. The average Bonchev–Trinajstić information content (AvgIpc) is 2.46. The second kappa shape index (κ2) is 6.69. The minimum atomic E-state index is 0.596. The number of carbonyl (C=O) groups excluding carboxylic acids is 1. The molecule has 2 aromatic rings. The van der Waals surface area contributed by atoms with Gasteiger partial charge in [-0.15, -0.1) is 0 Å². The lowest BCUT2D eigenvalue weighted by Crippen LogP contribution is -2.02. The fourth-order valence-electron chi connectivity index (χ4n) is 1.90. The van der Waals surface area contributed by atoms with Crippen molar-refractivity contribution in [1.29, 1.82) is 0 Å². The number of benzene rings is 1. The van der Waals surface area contributed by atoms with E-state index < -0.39 is 0 Å². The topological polar surface area (TPSA) is 39.2 Å². The molecular formula is C16H17NO2. The molecule has 0 N–H and O–H groups in total. The summed E-state index contributed by atoms with van der Waals surface area (Å²) in [5, 5.41) is 0. The van der Waals surface area contributed by atoms with Gasteiger partial charge in [0.15, 0.2) is 6.29 Å². The normalized spacial score (nSPS) is 10.2. The van der Waals surface area contributed by atoms with Crippen LogP contribution in [0.25, 0.3) is 0 Å². The Morgan fingerprint density at radius 3 is 2.95 bits per heavy atom. The molecule has 1 aromatic carbocycles. The van der Waals surface area contributed by atoms with Crippen LogP contribution in [0.3, 0.4) is 0 Å². The number of aldehydes is 1. The van der Waals surface area contributed by atoms with Crippen LogP contribution in [-0.2, 0) is 6.42 Å². The lowest BCUT2D eigenvalue weighted by molar-refractivity contribution is 0.111. The molecule has 1 heterocycles. The quantitative estimate of drug-likeness (QED) is 0.587. The Labute approximate surface area is 113 Å². The van der Waals surface area contributed by atoms with E-state index in [4.69, 9.17) is 4.74 Å². The molecule has 0 spiro atoms. The van der Waals surface area contributed by atoms with Crippen molar-refractivity contribution in [3.63, 3.8) is 0 Å². The van der Waals surface area contributed by atoms with Crippen LogP contribution < -0.4 is 4.74 Å². The molecule has 0 radical (unpaired) electrons. The van der Waals surface area contributed by atoms with Crippen molar-refractivity contribution in [2.24, 2.45) is 0 Å². The maximum Gasteiger partial charge on any atom is 0.153 e. The van der Waals surface area contributed by atoms with Crippen LogP contribution in [-0.4, -0.2) is 17.9 Å². The summed E-state index contributed by atoms with van der Waals surface area (Å²) in [4.78, 5) is 15.0. The molecule has 3 heteroatoms. The Bertz CT molecular complexity index is 538. The molecular weight excluding hydrogens is 238 g/mol. The van der Waals surface area contributed by atoms with E-state index in [-0.39, 0.29) is 0 Å². The van der Waals surface area contributed by atoms with Gasteiger partial charge in [-0.2, -0.15) is 0 Å².